The maximum atomic E-state index is 15.8. The molecule has 2 saturated heterocycles. The summed E-state index contributed by atoms with van der Waals surface area (Å²) in [5.74, 6) is -0.160. The lowest BCUT2D eigenvalue weighted by Crippen LogP contribution is -2.50. The summed E-state index contributed by atoms with van der Waals surface area (Å²) in [6.45, 7) is 5.13. The summed E-state index contributed by atoms with van der Waals surface area (Å²) in [5, 5.41) is 17.4. The maximum absolute atomic E-state index is 15.8. The zero-order valence-corrected chi connectivity index (χ0v) is 34.8. The van der Waals surface area contributed by atoms with Gasteiger partial charge in [-0.05, 0) is 125 Å². The minimum Gasteiger partial charge on any atom is -0.453 e. The zero-order valence-electron chi connectivity index (χ0n) is 34.0. The molecule has 3 amide bonds. The molecule has 1 spiro atoms. The second-order valence-electron chi connectivity index (χ2n) is 16.8. The number of halogens is 2. The van der Waals surface area contributed by atoms with Crippen molar-refractivity contribution >= 4 is 57.5 Å². The Morgan fingerprint density at radius 1 is 1.02 bits per heavy atom. The van der Waals surface area contributed by atoms with Crippen LogP contribution in [-0.4, -0.2) is 80.2 Å². The van der Waals surface area contributed by atoms with E-state index in [2.05, 4.69) is 26.1 Å². The van der Waals surface area contributed by atoms with Gasteiger partial charge < -0.3 is 14.4 Å². The molecule has 0 unspecified atom stereocenters. The predicted octanol–water partition coefficient (Wildman–Crippen LogP) is 8.52. The average molecular weight is 835 g/mol. The Bertz CT molecular complexity index is 2520. The lowest BCUT2D eigenvalue weighted by molar-refractivity contribution is -0.120. The molecule has 9 rings (SSSR count). The summed E-state index contributed by atoms with van der Waals surface area (Å²) in [6.07, 6.45) is 10.4. The first-order valence-electron chi connectivity index (χ1n) is 20.8. The van der Waals surface area contributed by atoms with Gasteiger partial charge in [0, 0.05) is 68.3 Å². The number of benzene rings is 3. The van der Waals surface area contributed by atoms with Crippen LogP contribution in [-0.2, 0) is 11.8 Å². The highest BCUT2D eigenvalue weighted by molar-refractivity contribution is 7.98. The highest BCUT2D eigenvalue weighted by Gasteiger charge is 2.47. The summed E-state index contributed by atoms with van der Waals surface area (Å²) in [7, 11) is 3.72. The van der Waals surface area contributed by atoms with Crippen LogP contribution in [0.25, 0.3) is 21.9 Å². The summed E-state index contributed by atoms with van der Waals surface area (Å²) in [4.78, 5) is 38.0. The van der Waals surface area contributed by atoms with Crippen molar-refractivity contribution in [2.75, 3.05) is 42.8 Å². The molecular formula is C44H48F2N10O3S. The van der Waals surface area contributed by atoms with Gasteiger partial charge in [0.25, 0.3) is 0 Å². The number of piperidine rings is 1. The summed E-state index contributed by atoms with van der Waals surface area (Å²) in [6, 6.07) is 13.6. The minimum absolute atomic E-state index is 0.0862. The van der Waals surface area contributed by atoms with Gasteiger partial charge >= 0.3 is 6.03 Å². The molecule has 2 aromatic heterocycles. The van der Waals surface area contributed by atoms with Crippen LogP contribution >= 0.6 is 12.1 Å². The first-order valence-corrected chi connectivity index (χ1v) is 21.6. The molecule has 0 bridgehead atoms. The molecule has 4 aliphatic rings. The van der Waals surface area contributed by atoms with Crippen molar-refractivity contribution in [3.63, 3.8) is 0 Å². The largest absolute Gasteiger partial charge is 0.453 e. The fourth-order valence-electron chi connectivity index (χ4n) is 9.70. The van der Waals surface area contributed by atoms with Crippen molar-refractivity contribution in [3.8, 4) is 17.6 Å². The monoisotopic (exact) mass is 834 g/mol. The second kappa shape index (κ2) is 16.2. The van der Waals surface area contributed by atoms with E-state index in [4.69, 9.17) is 14.7 Å². The van der Waals surface area contributed by atoms with Crippen LogP contribution in [0.4, 0.5) is 25.1 Å². The van der Waals surface area contributed by atoms with Crippen LogP contribution in [0.5, 0.6) is 11.5 Å². The molecule has 5 aromatic rings. The van der Waals surface area contributed by atoms with Crippen LogP contribution in [0.2, 0.25) is 0 Å². The molecule has 312 valence electrons. The van der Waals surface area contributed by atoms with Crippen LogP contribution in [0.1, 0.15) is 93.4 Å². The van der Waals surface area contributed by atoms with Crippen molar-refractivity contribution in [3.05, 3.63) is 77.1 Å². The molecule has 2 N–H and O–H groups in total. The number of imide groups is 1. The Hall–Kier alpha value is -5.37. The number of carbonyl (C=O) groups excluding carboxylic acids is 2. The Morgan fingerprint density at radius 3 is 2.53 bits per heavy atom. The third-order valence-electron chi connectivity index (χ3n) is 13.3. The van der Waals surface area contributed by atoms with Gasteiger partial charge in [0.2, 0.25) is 5.91 Å². The molecule has 2 aliphatic heterocycles. The van der Waals surface area contributed by atoms with Crippen molar-refractivity contribution in [1.82, 2.24) is 34.3 Å². The van der Waals surface area contributed by atoms with E-state index in [1.54, 1.807) is 29.9 Å². The predicted molar refractivity (Wildman–Crippen MR) is 227 cm³/mol. The first-order chi connectivity index (χ1) is 29.0. The van der Waals surface area contributed by atoms with Gasteiger partial charge in [0.1, 0.15) is 23.2 Å². The van der Waals surface area contributed by atoms with Gasteiger partial charge in [-0.25, -0.2) is 22.9 Å². The quantitative estimate of drug-likeness (QED) is 0.131. The molecule has 16 heteroatoms. The number of nitrogens with zero attached hydrogens (tertiary/aromatic N) is 8. The Kier molecular flexibility index (Phi) is 10.8. The second-order valence-corrected chi connectivity index (χ2v) is 17.8. The number of nitriles is 1. The summed E-state index contributed by atoms with van der Waals surface area (Å²) >= 11 is 1.32. The highest BCUT2D eigenvalue weighted by atomic mass is 32.2. The smallest absolute Gasteiger partial charge is 0.329 e. The molecule has 60 heavy (non-hydrogen) atoms. The van der Waals surface area contributed by atoms with E-state index < -0.39 is 11.8 Å². The van der Waals surface area contributed by atoms with Crippen LogP contribution in [0.15, 0.2) is 48.7 Å². The Morgan fingerprint density at radius 2 is 1.80 bits per heavy atom. The van der Waals surface area contributed by atoms with E-state index in [0.717, 1.165) is 87.7 Å². The molecule has 3 aromatic carbocycles. The van der Waals surface area contributed by atoms with Crippen LogP contribution in [0, 0.1) is 28.4 Å². The Balaban J connectivity index is 0.796. The van der Waals surface area contributed by atoms with Crippen molar-refractivity contribution in [2.24, 2.45) is 12.5 Å². The normalized spacial score (nSPS) is 21.1. The minimum atomic E-state index is -0.623. The first kappa shape index (κ1) is 40.1. The number of hydrogen-bond acceptors (Lipinski definition) is 11. The Labute approximate surface area is 351 Å². The van der Waals surface area contributed by atoms with E-state index in [-0.39, 0.29) is 41.9 Å². The van der Waals surface area contributed by atoms with Gasteiger partial charge in [-0.15, -0.1) is 0 Å². The standard InChI is InChI=1S/C44H48F2N10O3S/c1-4-53(2)60-52-35-12-10-33(45)41(32(35)24-47)59-29-9-11-36-37(19-29)49-38(25-48-36)27-22-44(23-27)14-17-55(18-15-44)28-7-5-26(6-8-28)30-21-39-31(20-34(30)46)42(51-54(39)3)56-16-13-40(57)50-43(56)58/h9-12,19-21,25-28,52H,4-8,13-18,22-23H2,1-3H3,(H,50,57,58). The summed E-state index contributed by atoms with van der Waals surface area (Å²) < 4.78 is 43.6. The van der Waals surface area contributed by atoms with Crippen LogP contribution < -0.4 is 19.7 Å². The van der Waals surface area contributed by atoms with Crippen LogP contribution in [0.3, 0.4) is 0 Å². The van der Waals surface area contributed by atoms with Gasteiger partial charge in [0.15, 0.2) is 17.4 Å². The van der Waals surface area contributed by atoms with Crippen molar-refractivity contribution < 1.29 is 23.1 Å². The fourth-order valence-corrected chi connectivity index (χ4v) is 10.3. The van der Waals surface area contributed by atoms with E-state index in [9.17, 15) is 14.9 Å². The van der Waals surface area contributed by atoms with Gasteiger partial charge in [-0.3, -0.25) is 24.7 Å². The highest BCUT2D eigenvalue weighted by Crippen LogP contribution is 2.57. The SMILES string of the molecule is CCN(C)SNc1ccc(F)c(Oc2ccc3ncc(C4CC5(CCN(C6CCC(c7cc8c(cc7F)c(N7CCC(=O)NC7=O)nn8C)CC6)CC5)C4)nc3c2)c1C#N. The number of nitrogens with one attached hydrogen (secondary N) is 2. The van der Waals surface area contributed by atoms with Gasteiger partial charge in [-0.2, -0.15) is 10.4 Å². The van der Waals surface area contributed by atoms with E-state index in [1.807, 2.05) is 30.5 Å². The number of fused-ring (bicyclic) bond motifs is 2. The average Bonchev–Trinajstić information content (AvgIpc) is 3.56. The molecule has 0 radical (unpaired) electrons. The van der Waals surface area contributed by atoms with Crippen molar-refractivity contribution in [1.29, 1.82) is 5.26 Å². The van der Waals surface area contributed by atoms with Gasteiger partial charge in [-0.1, -0.05) is 6.92 Å². The third kappa shape index (κ3) is 7.63. The van der Waals surface area contributed by atoms with E-state index >= 15 is 8.78 Å². The molecule has 2 saturated carbocycles. The van der Waals surface area contributed by atoms with Gasteiger partial charge in [0.05, 0.1) is 27.9 Å². The number of aromatic nitrogens is 4. The lowest BCUT2D eigenvalue weighted by atomic mass is 9.56. The third-order valence-corrected chi connectivity index (χ3v) is 14.2. The topological polar surface area (TPSA) is 145 Å². The number of amides is 3. The maximum Gasteiger partial charge on any atom is 0.329 e. The van der Waals surface area contributed by atoms with E-state index in [1.165, 1.54) is 35.2 Å². The number of aryl methyl sites for hydroxylation is 1. The summed E-state index contributed by atoms with van der Waals surface area (Å²) in [5.41, 5.74) is 4.68. The van der Waals surface area contributed by atoms with E-state index in [0.29, 0.717) is 51.1 Å². The lowest BCUT2D eigenvalue weighted by Gasteiger charge is -2.53. The van der Waals surface area contributed by atoms with Crippen molar-refractivity contribution in [2.45, 2.75) is 82.6 Å². The molecule has 4 fully saturated rings. The number of ether oxygens (including phenoxy) is 1. The number of anilines is 2. The molecule has 2 aliphatic carbocycles. The number of hydrogen-bond donors (Lipinski definition) is 2. The molecular weight excluding hydrogens is 787 g/mol. The number of urea groups is 1. The molecule has 13 nitrogen and oxygen atoms in total. The number of rotatable bonds is 10. The zero-order chi connectivity index (χ0) is 41.7. The molecule has 4 heterocycles. The molecule has 0 atom stereocenters. The number of likely N-dealkylation sites (tertiary alicyclic amines) is 1. The fraction of sp³-hybridized carbons (Fsp3) is 0.455. The number of carbonyl (C=O) groups is 2.